The van der Waals surface area contributed by atoms with E-state index >= 15 is 0 Å². The van der Waals surface area contributed by atoms with E-state index in [4.69, 9.17) is 4.42 Å². The number of para-hydroxylation sites is 1. The van der Waals surface area contributed by atoms with Crippen molar-refractivity contribution < 1.29 is 4.42 Å². The maximum absolute atomic E-state index is 5.90. The van der Waals surface area contributed by atoms with Crippen LogP contribution >= 0.6 is 27.7 Å². The summed E-state index contributed by atoms with van der Waals surface area (Å²) < 4.78 is 8.95. The zero-order chi connectivity index (χ0) is 21.0. The molecular formula is C22H21BrN6OS. The third-order valence-corrected chi connectivity index (χ3v) is 6.77. The van der Waals surface area contributed by atoms with Gasteiger partial charge in [0.2, 0.25) is 17.7 Å². The molecule has 0 spiro atoms. The Hall–Kier alpha value is -2.65. The zero-order valence-corrected chi connectivity index (χ0v) is 19.2. The summed E-state index contributed by atoms with van der Waals surface area (Å²) in [4.78, 5) is 2.32. The van der Waals surface area contributed by atoms with Crippen LogP contribution in [0.25, 0.3) is 17.1 Å². The summed E-state index contributed by atoms with van der Waals surface area (Å²) in [6, 6.07) is 18.1. The minimum Gasteiger partial charge on any atom is -0.420 e. The van der Waals surface area contributed by atoms with Crippen LogP contribution in [0, 0.1) is 0 Å². The van der Waals surface area contributed by atoms with E-state index in [1.54, 1.807) is 11.8 Å². The van der Waals surface area contributed by atoms with Gasteiger partial charge in [-0.25, -0.2) is 0 Å². The van der Waals surface area contributed by atoms with Crippen LogP contribution in [0.15, 0.2) is 68.6 Å². The molecule has 0 amide bonds. The number of benzene rings is 2. The van der Waals surface area contributed by atoms with Crippen LogP contribution in [0.4, 0.5) is 5.95 Å². The molecule has 1 aliphatic rings. The van der Waals surface area contributed by atoms with Crippen LogP contribution in [0.3, 0.4) is 0 Å². The van der Waals surface area contributed by atoms with Crippen LogP contribution in [0.1, 0.15) is 25.2 Å². The van der Waals surface area contributed by atoms with Gasteiger partial charge in [0, 0.05) is 17.6 Å². The Balaban J connectivity index is 1.40. The highest BCUT2D eigenvalue weighted by Gasteiger charge is 2.22. The van der Waals surface area contributed by atoms with E-state index in [2.05, 4.69) is 57.9 Å². The molecule has 0 bridgehead atoms. The molecule has 7 nitrogen and oxygen atoms in total. The lowest BCUT2D eigenvalue weighted by atomic mass is 10.1. The maximum Gasteiger partial charge on any atom is 0.248 e. The molecule has 31 heavy (non-hydrogen) atoms. The van der Waals surface area contributed by atoms with E-state index in [-0.39, 0.29) is 0 Å². The van der Waals surface area contributed by atoms with Gasteiger partial charge in [-0.15, -0.1) is 20.4 Å². The Morgan fingerprint density at radius 3 is 2.45 bits per heavy atom. The summed E-state index contributed by atoms with van der Waals surface area (Å²) in [5, 5.41) is 18.3. The average Bonchev–Trinajstić information content (AvgIpc) is 3.46. The minimum atomic E-state index is 0.501. The first kappa shape index (κ1) is 20.3. The van der Waals surface area contributed by atoms with E-state index in [0.29, 0.717) is 17.5 Å². The van der Waals surface area contributed by atoms with Crippen molar-refractivity contribution in [1.82, 2.24) is 25.0 Å². The predicted octanol–water partition coefficient (Wildman–Crippen LogP) is 5.36. The molecule has 0 atom stereocenters. The first-order valence-electron chi connectivity index (χ1n) is 10.3. The standard InChI is InChI=1S/C22H21BrN6OS/c23-18-12-6-5-11-17(18)20-25-24-19(30-20)15-31-22-27-26-21(28-13-7-2-8-14-28)29(22)16-9-3-1-4-10-16/h1,3-6,9-12H,2,7-8,13-15H2. The molecule has 158 valence electrons. The quantitative estimate of drug-likeness (QED) is 0.332. The van der Waals surface area contributed by atoms with Crippen molar-refractivity contribution >= 4 is 33.6 Å². The second kappa shape index (κ2) is 9.23. The third kappa shape index (κ3) is 4.38. The molecule has 0 saturated carbocycles. The maximum atomic E-state index is 5.90. The zero-order valence-electron chi connectivity index (χ0n) is 16.8. The first-order valence-corrected chi connectivity index (χ1v) is 12.0. The number of nitrogens with zero attached hydrogens (tertiary/aromatic N) is 6. The van der Waals surface area contributed by atoms with Crippen molar-refractivity contribution in [2.45, 2.75) is 30.2 Å². The molecule has 1 aliphatic heterocycles. The molecule has 0 N–H and O–H groups in total. The van der Waals surface area contributed by atoms with Crippen molar-refractivity contribution in [3.63, 3.8) is 0 Å². The molecule has 1 fully saturated rings. The highest BCUT2D eigenvalue weighted by atomic mass is 79.9. The van der Waals surface area contributed by atoms with Gasteiger partial charge >= 0.3 is 0 Å². The minimum absolute atomic E-state index is 0.501. The summed E-state index contributed by atoms with van der Waals surface area (Å²) in [7, 11) is 0. The Bertz CT molecular complexity index is 1160. The number of hydrogen-bond donors (Lipinski definition) is 0. The highest BCUT2D eigenvalue weighted by molar-refractivity contribution is 9.10. The van der Waals surface area contributed by atoms with Gasteiger partial charge in [0.15, 0.2) is 5.16 Å². The summed E-state index contributed by atoms with van der Waals surface area (Å²) in [6.07, 6.45) is 3.64. The number of hydrogen-bond acceptors (Lipinski definition) is 7. The fourth-order valence-corrected chi connectivity index (χ4v) is 4.88. The topological polar surface area (TPSA) is 72.9 Å². The lowest BCUT2D eigenvalue weighted by Gasteiger charge is -2.27. The SMILES string of the molecule is Brc1ccccc1-c1nnc(CSc2nnc(N3CCCCC3)n2-c2ccccc2)o1. The smallest absolute Gasteiger partial charge is 0.248 e. The van der Waals surface area contributed by atoms with Crippen LogP contribution in [-0.2, 0) is 5.75 Å². The predicted molar refractivity (Wildman–Crippen MR) is 124 cm³/mol. The van der Waals surface area contributed by atoms with E-state index in [0.717, 1.165) is 39.9 Å². The number of anilines is 1. The van der Waals surface area contributed by atoms with Gasteiger partial charge < -0.3 is 9.32 Å². The summed E-state index contributed by atoms with van der Waals surface area (Å²) >= 11 is 5.08. The number of aromatic nitrogens is 5. The summed E-state index contributed by atoms with van der Waals surface area (Å²) in [5.74, 6) is 2.47. The normalized spacial score (nSPS) is 14.2. The second-order valence-electron chi connectivity index (χ2n) is 7.27. The molecule has 3 heterocycles. The third-order valence-electron chi connectivity index (χ3n) is 5.17. The fraction of sp³-hybridized carbons (Fsp3) is 0.273. The molecule has 0 unspecified atom stereocenters. The monoisotopic (exact) mass is 496 g/mol. The largest absolute Gasteiger partial charge is 0.420 e. The van der Waals surface area contributed by atoms with Crippen molar-refractivity contribution in [3.05, 3.63) is 65.0 Å². The van der Waals surface area contributed by atoms with Gasteiger partial charge in [0.05, 0.1) is 17.0 Å². The molecule has 2 aromatic heterocycles. The van der Waals surface area contributed by atoms with Gasteiger partial charge in [0.25, 0.3) is 0 Å². The molecule has 5 rings (SSSR count). The first-order chi connectivity index (χ1) is 15.3. The van der Waals surface area contributed by atoms with Gasteiger partial charge in [-0.05, 0) is 59.5 Å². The van der Waals surface area contributed by atoms with E-state index in [9.17, 15) is 0 Å². The number of rotatable bonds is 6. The molecular weight excluding hydrogens is 476 g/mol. The number of halogens is 1. The van der Waals surface area contributed by atoms with Crippen molar-refractivity contribution in [2.75, 3.05) is 18.0 Å². The van der Waals surface area contributed by atoms with Gasteiger partial charge in [-0.2, -0.15) is 0 Å². The second-order valence-corrected chi connectivity index (χ2v) is 9.07. The van der Waals surface area contributed by atoms with Crippen LogP contribution in [0.5, 0.6) is 0 Å². The molecule has 0 radical (unpaired) electrons. The summed E-state index contributed by atoms with van der Waals surface area (Å²) in [5.41, 5.74) is 1.93. The van der Waals surface area contributed by atoms with E-state index in [1.165, 1.54) is 19.3 Å². The Kier molecular flexibility index (Phi) is 6.04. The molecule has 2 aromatic carbocycles. The van der Waals surface area contributed by atoms with E-state index in [1.807, 2.05) is 42.5 Å². The van der Waals surface area contributed by atoms with Gasteiger partial charge in [-0.1, -0.05) is 42.1 Å². The van der Waals surface area contributed by atoms with Crippen LogP contribution in [-0.4, -0.2) is 38.1 Å². The molecule has 4 aromatic rings. The van der Waals surface area contributed by atoms with Crippen molar-refractivity contribution in [3.8, 4) is 17.1 Å². The fourth-order valence-electron chi connectivity index (χ4n) is 3.64. The Morgan fingerprint density at radius 2 is 1.65 bits per heavy atom. The lowest BCUT2D eigenvalue weighted by Crippen LogP contribution is -2.31. The van der Waals surface area contributed by atoms with Crippen LogP contribution < -0.4 is 4.90 Å². The van der Waals surface area contributed by atoms with Gasteiger partial charge in [0.1, 0.15) is 0 Å². The molecule has 9 heteroatoms. The van der Waals surface area contributed by atoms with E-state index < -0.39 is 0 Å². The lowest BCUT2D eigenvalue weighted by molar-refractivity contribution is 0.528. The number of piperidine rings is 1. The average molecular weight is 497 g/mol. The summed E-state index contributed by atoms with van der Waals surface area (Å²) in [6.45, 7) is 2.02. The molecule has 0 aliphatic carbocycles. The number of thioether (sulfide) groups is 1. The Morgan fingerprint density at radius 1 is 0.871 bits per heavy atom. The van der Waals surface area contributed by atoms with Crippen molar-refractivity contribution in [1.29, 1.82) is 0 Å². The van der Waals surface area contributed by atoms with Crippen molar-refractivity contribution in [2.24, 2.45) is 0 Å². The van der Waals surface area contributed by atoms with Gasteiger partial charge in [-0.3, -0.25) is 4.57 Å². The Labute approximate surface area is 193 Å². The molecule has 1 saturated heterocycles. The highest BCUT2D eigenvalue weighted by Crippen LogP contribution is 2.31. The van der Waals surface area contributed by atoms with Crippen LogP contribution in [0.2, 0.25) is 0 Å².